The lowest BCUT2D eigenvalue weighted by atomic mass is 10.0. The fourth-order valence-electron chi connectivity index (χ4n) is 6.33. The topological polar surface area (TPSA) is 345 Å². The summed E-state index contributed by atoms with van der Waals surface area (Å²) in [6, 6.07) is 4.25. The summed E-state index contributed by atoms with van der Waals surface area (Å²) < 4.78 is 31.9. The van der Waals surface area contributed by atoms with Crippen molar-refractivity contribution < 1.29 is 81.8 Å². The molecule has 27 heteroatoms. The van der Waals surface area contributed by atoms with E-state index in [4.69, 9.17) is 38.3 Å². The Labute approximate surface area is 372 Å². The van der Waals surface area contributed by atoms with Crippen molar-refractivity contribution in [3.63, 3.8) is 0 Å². The van der Waals surface area contributed by atoms with Crippen LogP contribution >= 0.6 is 23.5 Å². The van der Waals surface area contributed by atoms with Crippen molar-refractivity contribution in [3.8, 4) is 17.2 Å². The molecule has 4 aromatic rings. The van der Waals surface area contributed by atoms with Crippen molar-refractivity contribution in [1.82, 2.24) is 35.7 Å². The number of rotatable bonds is 18. The maximum Gasteiger partial charge on any atom is 0.513 e. The van der Waals surface area contributed by atoms with Crippen LogP contribution in [0.4, 0.5) is 9.59 Å². The van der Waals surface area contributed by atoms with Gasteiger partial charge in [-0.3, -0.25) is 28.9 Å². The summed E-state index contributed by atoms with van der Waals surface area (Å²) in [6.45, 7) is 2.85. The van der Waals surface area contributed by atoms with Gasteiger partial charge in [-0.25, -0.2) is 23.9 Å². The number of carboxylic acids is 3. The Morgan fingerprint density at radius 2 is 1.62 bits per heavy atom. The van der Waals surface area contributed by atoms with Crippen LogP contribution in [0.15, 0.2) is 62.0 Å². The van der Waals surface area contributed by atoms with E-state index in [0.29, 0.717) is 0 Å². The first-order chi connectivity index (χ1) is 31.0. The highest BCUT2D eigenvalue weighted by Gasteiger charge is 2.54. The number of nitrogens with one attached hydrogen (secondary N) is 2. The van der Waals surface area contributed by atoms with Gasteiger partial charge in [0.2, 0.25) is 16.5 Å². The van der Waals surface area contributed by atoms with Crippen molar-refractivity contribution in [2.45, 2.75) is 49.9 Å². The second kappa shape index (κ2) is 20.2. The molecule has 4 heterocycles. The molecule has 2 aromatic carbocycles. The van der Waals surface area contributed by atoms with E-state index in [1.807, 2.05) is 0 Å². The molecule has 2 aromatic heterocycles. The number of aromatic nitrogens is 4. The van der Waals surface area contributed by atoms with Gasteiger partial charge in [-0.2, -0.15) is 0 Å². The fraction of sp³-hybridized carbons (Fsp3) is 0.316. The lowest BCUT2D eigenvalue weighted by Gasteiger charge is -2.49. The van der Waals surface area contributed by atoms with Gasteiger partial charge in [0.1, 0.15) is 52.4 Å². The molecule has 5 N–H and O–H groups in total. The van der Waals surface area contributed by atoms with E-state index in [2.05, 4.69) is 26.2 Å². The molecule has 0 bridgehead atoms. The molecule has 342 valence electrons. The standard InChI is InChI=1S/C38H35N7O18S2/c1-4-58-37(56)62-22-10-20-21(11-23(22)63-38(57)59-5-2)61-16(3)26(30(20)50)31(51)39-27(17-6-8-19(9-7-17)60-13-25(48)49)32(52)40-28-33(53)45-29(35(54)55)18(14-64-34(28)45)15-65-36-41-42-43-44(36)12-24(46)47/h6-11,27-28,34H,4-5,12-15H2,1-3H3,(H,39,51)(H,40,52)(H,46,47)(H,48,49)(H,54,55)/t27?,28-,34-/m1/s1. The molecule has 1 fully saturated rings. The maximum absolute atomic E-state index is 14.2. The largest absolute Gasteiger partial charge is 0.513 e. The van der Waals surface area contributed by atoms with Crippen LogP contribution in [0.25, 0.3) is 11.0 Å². The Balaban J connectivity index is 1.28. The number of benzene rings is 2. The molecule has 3 amide bonds. The average molecular weight is 942 g/mol. The van der Waals surface area contributed by atoms with Crippen LogP contribution < -0.4 is 30.3 Å². The number of carbonyl (C=O) groups is 8. The van der Waals surface area contributed by atoms with E-state index in [1.54, 1.807) is 0 Å². The number of nitrogens with zero attached hydrogens (tertiary/aromatic N) is 5. The molecule has 0 radical (unpaired) electrons. The summed E-state index contributed by atoms with van der Waals surface area (Å²) in [5.74, 6) is -7.96. The number of hydrogen-bond acceptors (Lipinski definition) is 20. The first-order valence-electron chi connectivity index (χ1n) is 18.9. The maximum atomic E-state index is 14.2. The molecule has 65 heavy (non-hydrogen) atoms. The Bertz CT molecular complexity index is 2680. The Morgan fingerprint density at radius 1 is 0.954 bits per heavy atom. The van der Waals surface area contributed by atoms with Gasteiger partial charge < -0.3 is 54.1 Å². The molecule has 2 aliphatic heterocycles. The molecule has 3 atom stereocenters. The van der Waals surface area contributed by atoms with Crippen LogP contribution in [0.2, 0.25) is 0 Å². The van der Waals surface area contributed by atoms with E-state index in [1.165, 1.54) is 45.0 Å². The van der Waals surface area contributed by atoms with Gasteiger partial charge in [0.25, 0.3) is 11.8 Å². The van der Waals surface area contributed by atoms with E-state index >= 15 is 0 Å². The lowest BCUT2D eigenvalue weighted by Crippen LogP contribution is -2.71. The molecular weight excluding hydrogens is 907 g/mol. The van der Waals surface area contributed by atoms with Gasteiger partial charge in [-0.05, 0) is 60.5 Å². The molecule has 0 spiro atoms. The average Bonchev–Trinajstić information content (AvgIpc) is 3.69. The third-order valence-electron chi connectivity index (χ3n) is 9.09. The minimum Gasteiger partial charge on any atom is -0.482 e. The van der Waals surface area contributed by atoms with Crippen molar-refractivity contribution in [3.05, 3.63) is 74.8 Å². The van der Waals surface area contributed by atoms with E-state index in [9.17, 15) is 48.3 Å². The number of fused-ring (bicyclic) bond motifs is 2. The Morgan fingerprint density at radius 3 is 2.23 bits per heavy atom. The number of tetrazole rings is 1. The van der Waals surface area contributed by atoms with Crippen LogP contribution in [0, 0.1) is 6.92 Å². The van der Waals surface area contributed by atoms with Gasteiger partial charge in [-0.1, -0.05) is 23.9 Å². The number of ether oxygens (including phenoxy) is 5. The molecule has 0 saturated carbocycles. The molecule has 1 unspecified atom stereocenters. The van der Waals surface area contributed by atoms with Gasteiger partial charge >= 0.3 is 30.2 Å². The van der Waals surface area contributed by atoms with Crippen molar-refractivity contribution in [2.24, 2.45) is 0 Å². The fourth-order valence-corrected chi connectivity index (χ4v) is 8.69. The van der Waals surface area contributed by atoms with Gasteiger partial charge in [-0.15, -0.1) is 16.9 Å². The van der Waals surface area contributed by atoms with Crippen molar-refractivity contribution in [1.29, 1.82) is 0 Å². The second-order valence-electron chi connectivity index (χ2n) is 13.3. The smallest absolute Gasteiger partial charge is 0.482 e. The molecule has 1 saturated heterocycles. The SMILES string of the molecule is CCOC(=O)Oc1cc2oc(C)c(C(=O)NC(C(=O)N[C@@H]3C(=O)N4C(C(=O)O)=C(CSc5nnnn5CC(=O)O)CS[C@H]34)c3ccc(OCC(=O)O)cc3)c(=O)c2cc1OC(=O)OCC. The number of hydrogen-bond donors (Lipinski definition) is 5. The summed E-state index contributed by atoms with van der Waals surface area (Å²) in [7, 11) is 0. The zero-order valence-corrected chi connectivity index (χ0v) is 35.6. The molecule has 2 aliphatic rings. The summed E-state index contributed by atoms with van der Waals surface area (Å²) in [4.78, 5) is 116. The predicted octanol–water partition coefficient (Wildman–Crippen LogP) is 1.71. The third-order valence-corrected chi connectivity index (χ3v) is 11.5. The first kappa shape index (κ1) is 46.8. The minimum atomic E-state index is -1.68. The number of amides is 3. The number of aliphatic carboxylic acids is 3. The second-order valence-corrected chi connectivity index (χ2v) is 15.4. The van der Waals surface area contributed by atoms with E-state index in [-0.39, 0.29) is 69.2 Å². The van der Waals surface area contributed by atoms with Crippen LogP contribution in [0.3, 0.4) is 0 Å². The van der Waals surface area contributed by atoms with Crippen LogP contribution in [0.5, 0.6) is 17.2 Å². The van der Waals surface area contributed by atoms with E-state index < -0.39 is 101 Å². The number of thioether (sulfide) groups is 2. The highest BCUT2D eigenvalue weighted by molar-refractivity contribution is 8.01. The highest BCUT2D eigenvalue weighted by Crippen LogP contribution is 2.42. The number of aryl methyl sites for hydroxylation is 1. The zero-order valence-electron chi connectivity index (χ0n) is 34.0. The monoisotopic (exact) mass is 941 g/mol. The Hall–Kier alpha value is -7.68. The molecular formula is C38H35N7O18S2. The normalized spacial score (nSPS) is 15.8. The highest BCUT2D eigenvalue weighted by atomic mass is 32.2. The summed E-state index contributed by atoms with van der Waals surface area (Å²) in [5.41, 5.74) is -1.84. The van der Waals surface area contributed by atoms with Crippen LogP contribution in [0.1, 0.15) is 41.6 Å². The number of carboxylic acid groups (broad SMARTS) is 3. The van der Waals surface area contributed by atoms with Crippen LogP contribution in [-0.4, -0.2) is 131 Å². The lowest BCUT2D eigenvalue weighted by molar-refractivity contribution is -0.151. The summed E-state index contributed by atoms with van der Waals surface area (Å²) in [6.07, 6.45) is -2.42. The third kappa shape index (κ3) is 10.6. The van der Waals surface area contributed by atoms with Gasteiger partial charge in [0.15, 0.2) is 18.1 Å². The summed E-state index contributed by atoms with van der Waals surface area (Å²) in [5, 5.41) is 43.0. The first-order valence-corrected chi connectivity index (χ1v) is 20.9. The summed E-state index contributed by atoms with van der Waals surface area (Å²) >= 11 is 2.07. The van der Waals surface area contributed by atoms with Gasteiger partial charge in [0, 0.05) is 17.6 Å². The quantitative estimate of drug-likeness (QED) is 0.0410. The number of β-lactam (4-membered cyclic amide) rings is 1. The number of carbonyl (C=O) groups excluding carboxylic acids is 5. The Kier molecular flexibility index (Phi) is 14.6. The minimum absolute atomic E-state index is 0.0348. The van der Waals surface area contributed by atoms with Gasteiger partial charge in [0.05, 0.1) is 18.6 Å². The van der Waals surface area contributed by atoms with Crippen molar-refractivity contribution >= 4 is 82.4 Å². The van der Waals surface area contributed by atoms with Crippen molar-refractivity contribution in [2.75, 3.05) is 31.3 Å². The van der Waals surface area contributed by atoms with Crippen LogP contribution in [-0.2, 0) is 40.0 Å². The molecule has 0 aliphatic carbocycles. The zero-order chi connectivity index (χ0) is 47.1. The van der Waals surface area contributed by atoms with E-state index in [0.717, 1.165) is 45.2 Å². The molecule has 6 rings (SSSR count). The molecule has 25 nitrogen and oxygen atoms in total. The predicted molar refractivity (Wildman–Crippen MR) is 218 cm³/mol.